The summed E-state index contributed by atoms with van der Waals surface area (Å²) in [6.07, 6.45) is 0.448. The van der Waals surface area contributed by atoms with Crippen LogP contribution in [-0.2, 0) is 4.79 Å². The van der Waals surface area contributed by atoms with E-state index in [1.54, 1.807) is 5.92 Å². The third kappa shape index (κ3) is 2.62. The first-order valence-corrected chi connectivity index (χ1v) is 4.34. The van der Waals surface area contributed by atoms with Gasteiger partial charge >= 0.3 is 11.0 Å². The molecule has 1 rings (SSSR count). The van der Waals surface area contributed by atoms with Crippen LogP contribution in [0.25, 0.3) is 0 Å². The van der Waals surface area contributed by atoms with E-state index in [1.807, 2.05) is 0 Å². The van der Waals surface area contributed by atoms with Crippen LogP contribution in [0.4, 0.5) is 5.00 Å². The Kier molecular flexibility index (Phi) is 3.15. The zero-order valence-corrected chi connectivity index (χ0v) is 7.91. The number of rotatable bonds is 2. The number of hydrogen-bond donors (Lipinski definition) is 1. The SMILES string of the molecule is O=Cc1cc(C#CC(=O)O)c([N+](=O)[O-])s1. The highest BCUT2D eigenvalue weighted by molar-refractivity contribution is 7.17. The Labute approximate surface area is 87.3 Å². The van der Waals surface area contributed by atoms with E-state index in [2.05, 4.69) is 5.92 Å². The average molecular weight is 225 g/mol. The van der Waals surface area contributed by atoms with Crippen molar-refractivity contribution < 1.29 is 19.6 Å². The van der Waals surface area contributed by atoms with Crippen molar-refractivity contribution >= 4 is 28.6 Å². The van der Waals surface area contributed by atoms with Crippen LogP contribution in [0.3, 0.4) is 0 Å². The van der Waals surface area contributed by atoms with Crippen molar-refractivity contribution in [2.24, 2.45) is 0 Å². The molecule has 0 fully saturated rings. The minimum atomic E-state index is -1.39. The summed E-state index contributed by atoms with van der Waals surface area (Å²) in [5, 5.41) is 18.4. The molecule has 1 heterocycles. The summed E-state index contributed by atoms with van der Waals surface area (Å²) < 4.78 is 0. The molecule has 6 nitrogen and oxygen atoms in total. The number of aldehydes is 1. The smallest absolute Gasteiger partial charge is 0.382 e. The van der Waals surface area contributed by atoms with Gasteiger partial charge in [0.25, 0.3) is 0 Å². The highest BCUT2D eigenvalue weighted by Gasteiger charge is 2.17. The van der Waals surface area contributed by atoms with Crippen molar-refractivity contribution in [2.75, 3.05) is 0 Å². The van der Waals surface area contributed by atoms with Crippen LogP contribution in [0, 0.1) is 22.0 Å². The van der Waals surface area contributed by atoms with Crippen molar-refractivity contribution in [3.8, 4) is 11.8 Å². The maximum atomic E-state index is 10.5. The second kappa shape index (κ2) is 4.34. The minimum Gasteiger partial charge on any atom is -0.472 e. The standard InChI is InChI=1S/C8H3NO5S/c10-4-6-3-5(1-2-7(11)12)8(15-6)9(13)14/h3-4H,(H,11,12). The molecule has 0 aromatic carbocycles. The number of carboxylic acid groups (broad SMARTS) is 1. The first kappa shape index (κ1) is 10.9. The van der Waals surface area contributed by atoms with E-state index in [0.717, 1.165) is 0 Å². The zero-order chi connectivity index (χ0) is 11.4. The molecule has 0 spiro atoms. The van der Waals surface area contributed by atoms with Gasteiger partial charge in [0.05, 0.1) is 9.80 Å². The molecule has 0 aliphatic rings. The van der Waals surface area contributed by atoms with E-state index in [-0.39, 0.29) is 15.4 Å². The molecule has 0 aliphatic heterocycles. The molecule has 1 N–H and O–H groups in total. The molecule has 0 bridgehead atoms. The lowest BCUT2D eigenvalue weighted by molar-refractivity contribution is -0.380. The summed E-state index contributed by atoms with van der Waals surface area (Å²) in [5.74, 6) is 2.47. The molecule has 0 saturated heterocycles. The third-order valence-corrected chi connectivity index (χ3v) is 2.33. The number of carbonyl (C=O) groups is 2. The lowest BCUT2D eigenvalue weighted by Crippen LogP contribution is -1.89. The van der Waals surface area contributed by atoms with Gasteiger partial charge in [0.1, 0.15) is 5.56 Å². The van der Waals surface area contributed by atoms with Gasteiger partial charge < -0.3 is 5.11 Å². The average Bonchev–Trinajstić information content (AvgIpc) is 2.57. The number of nitro groups is 1. The summed E-state index contributed by atoms with van der Waals surface area (Å²) >= 11 is 0.657. The summed E-state index contributed by atoms with van der Waals surface area (Å²) in [6, 6.07) is 1.19. The Morgan fingerprint density at radius 2 is 2.33 bits per heavy atom. The molecule has 15 heavy (non-hydrogen) atoms. The Balaban J connectivity index is 3.22. The number of carboxylic acids is 1. The number of aliphatic carboxylic acids is 1. The van der Waals surface area contributed by atoms with E-state index in [0.29, 0.717) is 17.6 Å². The van der Waals surface area contributed by atoms with Crippen molar-refractivity contribution in [1.82, 2.24) is 0 Å². The Morgan fingerprint density at radius 3 is 2.80 bits per heavy atom. The predicted octanol–water partition coefficient (Wildman–Crippen LogP) is 0.905. The van der Waals surface area contributed by atoms with Crippen LogP contribution in [0.5, 0.6) is 0 Å². The van der Waals surface area contributed by atoms with E-state index in [1.165, 1.54) is 6.07 Å². The molecular formula is C8H3NO5S. The topological polar surface area (TPSA) is 97.5 Å². The minimum absolute atomic E-state index is 0.0606. The quantitative estimate of drug-likeness (QED) is 0.349. The number of thiophene rings is 1. The number of hydrogen-bond acceptors (Lipinski definition) is 5. The molecule has 0 amide bonds. The van der Waals surface area contributed by atoms with Crippen molar-refractivity contribution in [3.05, 3.63) is 26.6 Å². The van der Waals surface area contributed by atoms with Gasteiger partial charge in [-0.15, -0.1) is 0 Å². The van der Waals surface area contributed by atoms with Crippen molar-refractivity contribution in [2.45, 2.75) is 0 Å². The molecular weight excluding hydrogens is 222 g/mol. The molecule has 0 aliphatic carbocycles. The van der Waals surface area contributed by atoms with Gasteiger partial charge in [-0.2, -0.15) is 0 Å². The van der Waals surface area contributed by atoms with E-state index in [4.69, 9.17) is 5.11 Å². The Morgan fingerprint density at radius 1 is 1.67 bits per heavy atom. The van der Waals surface area contributed by atoms with Crippen LogP contribution in [0.1, 0.15) is 15.2 Å². The molecule has 7 heteroatoms. The van der Waals surface area contributed by atoms with Gasteiger partial charge in [0.15, 0.2) is 6.29 Å². The van der Waals surface area contributed by atoms with Crippen LogP contribution in [-0.4, -0.2) is 22.3 Å². The normalized spacial score (nSPS) is 8.80. The highest BCUT2D eigenvalue weighted by atomic mass is 32.1. The molecule has 0 radical (unpaired) electrons. The highest BCUT2D eigenvalue weighted by Crippen LogP contribution is 2.28. The third-order valence-electron chi connectivity index (χ3n) is 1.32. The van der Waals surface area contributed by atoms with Gasteiger partial charge in [0, 0.05) is 5.92 Å². The molecule has 0 saturated carbocycles. The Hall–Kier alpha value is -2.20. The molecule has 76 valence electrons. The fourth-order valence-corrected chi connectivity index (χ4v) is 1.55. The monoisotopic (exact) mass is 225 g/mol. The molecule has 1 aromatic heterocycles. The van der Waals surface area contributed by atoms with Crippen molar-refractivity contribution in [1.29, 1.82) is 0 Å². The Bertz CT molecular complexity index is 493. The van der Waals surface area contributed by atoms with Gasteiger partial charge in [-0.3, -0.25) is 14.9 Å². The van der Waals surface area contributed by atoms with E-state index in [9.17, 15) is 19.7 Å². The molecule has 0 atom stereocenters. The van der Waals surface area contributed by atoms with Gasteiger partial charge in [-0.05, 0) is 12.0 Å². The van der Waals surface area contributed by atoms with E-state index >= 15 is 0 Å². The van der Waals surface area contributed by atoms with Gasteiger partial charge in [-0.25, -0.2) is 4.79 Å². The van der Waals surface area contributed by atoms with Gasteiger partial charge in [-0.1, -0.05) is 11.3 Å². The summed E-state index contributed by atoms with van der Waals surface area (Å²) in [4.78, 5) is 30.4. The first-order valence-electron chi connectivity index (χ1n) is 3.53. The fraction of sp³-hybridized carbons (Fsp3) is 0. The van der Waals surface area contributed by atoms with Crippen LogP contribution < -0.4 is 0 Å². The van der Waals surface area contributed by atoms with Crippen LogP contribution in [0.15, 0.2) is 6.07 Å². The van der Waals surface area contributed by atoms with Crippen molar-refractivity contribution in [3.63, 3.8) is 0 Å². The number of nitrogens with zero attached hydrogens (tertiary/aromatic N) is 1. The summed E-state index contributed by atoms with van der Waals surface area (Å²) in [5.41, 5.74) is -0.0606. The zero-order valence-electron chi connectivity index (χ0n) is 7.09. The lowest BCUT2D eigenvalue weighted by Gasteiger charge is -1.83. The molecule has 1 aromatic rings. The fourth-order valence-electron chi connectivity index (χ4n) is 0.804. The maximum Gasteiger partial charge on any atom is 0.382 e. The lowest BCUT2D eigenvalue weighted by atomic mass is 10.3. The van der Waals surface area contributed by atoms with E-state index < -0.39 is 10.9 Å². The van der Waals surface area contributed by atoms with Gasteiger partial charge in [0.2, 0.25) is 0 Å². The second-order valence-corrected chi connectivity index (χ2v) is 3.36. The van der Waals surface area contributed by atoms with Crippen LogP contribution in [0.2, 0.25) is 0 Å². The molecule has 0 unspecified atom stereocenters. The summed E-state index contributed by atoms with van der Waals surface area (Å²) in [6.45, 7) is 0. The predicted molar refractivity (Wildman–Crippen MR) is 50.9 cm³/mol. The number of carbonyl (C=O) groups excluding carboxylic acids is 1. The second-order valence-electron chi connectivity index (χ2n) is 2.30. The first-order chi connectivity index (χ1) is 7.04. The summed E-state index contributed by atoms with van der Waals surface area (Å²) in [7, 11) is 0. The largest absolute Gasteiger partial charge is 0.472 e. The maximum absolute atomic E-state index is 10.5. The van der Waals surface area contributed by atoms with Crippen LogP contribution >= 0.6 is 11.3 Å².